The number of fused-ring (bicyclic) bond motifs is 1. The average Bonchev–Trinajstić information content (AvgIpc) is 2.02. The van der Waals surface area contributed by atoms with Crippen molar-refractivity contribution in [1.29, 1.82) is 0 Å². The fourth-order valence-electron chi connectivity index (χ4n) is 1.46. The quantitative estimate of drug-likeness (QED) is 0.637. The summed E-state index contributed by atoms with van der Waals surface area (Å²) in [5, 5.41) is 3.43. The van der Waals surface area contributed by atoms with E-state index in [4.69, 9.17) is 11.6 Å². The predicted octanol–water partition coefficient (Wildman–Crippen LogP) is 1.10. The maximum atomic E-state index is 11.3. The average molecular weight is 200 g/mol. The van der Waals surface area contributed by atoms with Crippen molar-refractivity contribution in [1.82, 2.24) is 9.55 Å². The minimum Gasteiger partial charge on any atom is -0.369 e. The van der Waals surface area contributed by atoms with Gasteiger partial charge in [-0.25, -0.2) is 4.79 Å². The van der Waals surface area contributed by atoms with Gasteiger partial charge in [-0.3, -0.25) is 4.57 Å². The van der Waals surface area contributed by atoms with Gasteiger partial charge in [-0.05, 0) is 13.3 Å². The predicted molar refractivity (Wildman–Crippen MR) is 51.2 cm³/mol. The van der Waals surface area contributed by atoms with Gasteiger partial charge in [0.2, 0.25) is 0 Å². The van der Waals surface area contributed by atoms with Crippen LogP contribution in [0, 0.1) is 0 Å². The molecule has 0 bridgehead atoms. The Morgan fingerprint density at radius 2 is 2.54 bits per heavy atom. The molecule has 2 heterocycles. The van der Waals surface area contributed by atoms with E-state index in [1.54, 1.807) is 10.6 Å². The van der Waals surface area contributed by atoms with Gasteiger partial charge < -0.3 is 5.32 Å². The Hall–Kier alpha value is -1.03. The van der Waals surface area contributed by atoms with E-state index in [1.165, 1.54) is 0 Å². The maximum Gasteiger partial charge on any atom is 0.350 e. The summed E-state index contributed by atoms with van der Waals surface area (Å²) in [6.45, 7) is 2.79. The summed E-state index contributed by atoms with van der Waals surface area (Å²) >= 11 is 5.67. The van der Waals surface area contributed by atoms with E-state index in [0.29, 0.717) is 12.6 Å². The fourth-order valence-corrected chi connectivity index (χ4v) is 1.64. The molecule has 4 nitrogen and oxygen atoms in total. The highest BCUT2D eigenvalue weighted by Crippen LogP contribution is 2.17. The topological polar surface area (TPSA) is 46.9 Å². The molecule has 0 fully saturated rings. The van der Waals surface area contributed by atoms with Crippen molar-refractivity contribution in [2.75, 3.05) is 5.32 Å². The first-order chi connectivity index (χ1) is 6.16. The maximum absolute atomic E-state index is 11.3. The minimum absolute atomic E-state index is 0.248. The summed E-state index contributed by atoms with van der Waals surface area (Å²) in [6, 6.07) is 2.07. The van der Waals surface area contributed by atoms with Crippen LogP contribution >= 0.6 is 11.6 Å². The molecular weight excluding hydrogens is 190 g/mol. The molecule has 1 unspecified atom stereocenters. The van der Waals surface area contributed by atoms with Crippen LogP contribution in [-0.2, 0) is 6.54 Å². The van der Waals surface area contributed by atoms with Crippen LogP contribution in [0.15, 0.2) is 10.9 Å². The molecule has 1 atom stereocenters. The highest BCUT2D eigenvalue weighted by atomic mass is 35.5. The van der Waals surface area contributed by atoms with Crippen molar-refractivity contribution < 1.29 is 0 Å². The SMILES string of the molecule is CC1CCn2c(cc(Cl)nc2=O)N1. The number of hydrogen-bond acceptors (Lipinski definition) is 3. The summed E-state index contributed by atoms with van der Waals surface area (Å²) < 4.78 is 1.60. The molecule has 0 aliphatic carbocycles. The van der Waals surface area contributed by atoms with Gasteiger partial charge in [-0.15, -0.1) is 0 Å². The van der Waals surface area contributed by atoms with Crippen molar-refractivity contribution in [2.24, 2.45) is 0 Å². The lowest BCUT2D eigenvalue weighted by Crippen LogP contribution is -2.34. The van der Waals surface area contributed by atoms with Crippen LogP contribution in [0.2, 0.25) is 5.15 Å². The highest BCUT2D eigenvalue weighted by molar-refractivity contribution is 6.29. The molecule has 0 amide bonds. The molecule has 1 aliphatic rings. The molecule has 1 N–H and O–H groups in total. The first-order valence-electron chi connectivity index (χ1n) is 4.21. The zero-order chi connectivity index (χ0) is 9.42. The van der Waals surface area contributed by atoms with Gasteiger partial charge in [0, 0.05) is 18.7 Å². The lowest BCUT2D eigenvalue weighted by atomic mass is 10.2. The summed E-state index contributed by atoms with van der Waals surface area (Å²) in [5.41, 5.74) is -0.276. The van der Waals surface area contributed by atoms with Crippen LogP contribution in [0.1, 0.15) is 13.3 Å². The second kappa shape index (κ2) is 3.03. The van der Waals surface area contributed by atoms with E-state index in [-0.39, 0.29) is 10.8 Å². The molecular formula is C8H10ClN3O. The van der Waals surface area contributed by atoms with Crippen LogP contribution < -0.4 is 11.0 Å². The molecule has 1 aliphatic heterocycles. The molecule has 0 radical (unpaired) electrons. The van der Waals surface area contributed by atoms with E-state index < -0.39 is 0 Å². The van der Waals surface area contributed by atoms with Gasteiger partial charge in [-0.1, -0.05) is 11.6 Å². The van der Waals surface area contributed by atoms with Gasteiger partial charge in [0.15, 0.2) is 0 Å². The molecule has 0 aromatic carbocycles. The van der Waals surface area contributed by atoms with E-state index in [9.17, 15) is 4.79 Å². The number of halogens is 1. The molecule has 13 heavy (non-hydrogen) atoms. The third-order valence-electron chi connectivity index (χ3n) is 2.16. The zero-order valence-corrected chi connectivity index (χ0v) is 8.01. The number of rotatable bonds is 0. The monoisotopic (exact) mass is 199 g/mol. The number of aromatic nitrogens is 2. The van der Waals surface area contributed by atoms with E-state index in [1.807, 2.05) is 0 Å². The smallest absolute Gasteiger partial charge is 0.350 e. The van der Waals surface area contributed by atoms with Crippen molar-refractivity contribution in [2.45, 2.75) is 25.9 Å². The van der Waals surface area contributed by atoms with Gasteiger partial charge >= 0.3 is 5.69 Å². The van der Waals surface area contributed by atoms with Gasteiger partial charge in [0.25, 0.3) is 0 Å². The van der Waals surface area contributed by atoms with Crippen LogP contribution in [0.4, 0.5) is 5.82 Å². The van der Waals surface area contributed by atoms with Crippen molar-refractivity contribution >= 4 is 17.4 Å². The number of anilines is 1. The minimum atomic E-state index is -0.276. The molecule has 1 aromatic rings. The second-order valence-electron chi connectivity index (χ2n) is 3.23. The number of nitrogens with zero attached hydrogens (tertiary/aromatic N) is 2. The lowest BCUT2D eigenvalue weighted by molar-refractivity contribution is 0.531. The van der Waals surface area contributed by atoms with Crippen LogP contribution in [0.25, 0.3) is 0 Å². The fraction of sp³-hybridized carbons (Fsp3) is 0.500. The third kappa shape index (κ3) is 1.54. The normalized spacial score (nSPS) is 20.6. The lowest BCUT2D eigenvalue weighted by Gasteiger charge is -2.24. The highest BCUT2D eigenvalue weighted by Gasteiger charge is 2.15. The van der Waals surface area contributed by atoms with Crippen molar-refractivity contribution in [3.05, 3.63) is 21.7 Å². The third-order valence-corrected chi connectivity index (χ3v) is 2.35. The van der Waals surface area contributed by atoms with Gasteiger partial charge in [-0.2, -0.15) is 4.98 Å². The molecule has 0 saturated heterocycles. The number of nitrogens with one attached hydrogen (secondary N) is 1. The molecule has 70 valence electrons. The first-order valence-corrected chi connectivity index (χ1v) is 4.58. The Kier molecular flexibility index (Phi) is 2.00. The van der Waals surface area contributed by atoms with Gasteiger partial charge in [0.05, 0.1) is 0 Å². The molecule has 1 aromatic heterocycles. The first kappa shape index (κ1) is 8.56. The zero-order valence-electron chi connectivity index (χ0n) is 7.25. The Labute approximate surface area is 80.5 Å². The summed E-state index contributed by atoms with van der Waals surface area (Å²) in [5.74, 6) is 0.767. The van der Waals surface area contributed by atoms with Crippen molar-refractivity contribution in [3.63, 3.8) is 0 Å². The Morgan fingerprint density at radius 3 is 3.31 bits per heavy atom. The summed E-state index contributed by atoms with van der Waals surface area (Å²) in [6.07, 6.45) is 0.941. The standard InChI is InChI=1S/C8H10ClN3O/c1-5-2-3-12-7(10-5)4-6(9)11-8(12)13/h4-5,10H,2-3H2,1H3. The van der Waals surface area contributed by atoms with Crippen LogP contribution in [0.5, 0.6) is 0 Å². The Balaban J connectivity index is 2.53. The van der Waals surface area contributed by atoms with Crippen LogP contribution in [-0.4, -0.2) is 15.6 Å². The van der Waals surface area contributed by atoms with Crippen LogP contribution in [0.3, 0.4) is 0 Å². The van der Waals surface area contributed by atoms with Gasteiger partial charge in [0.1, 0.15) is 11.0 Å². The molecule has 2 rings (SSSR count). The largest absolute Gasteiger partial charge is 0.369 e. The van der Waals surface area contributed by atoms with E-state index in [2.05, 4.69) is 17.2 Å². The summed E-state index contributed by atoms with van der Waals surface area (Å²) in [7, 11) is 0. The molecule has 0 spiro atoms. The summed E-state index contributed by atoms with van der Waals surface area (Å²) in [4.78, 5) is 15.0. The van der Waals surface area contributed by atoms with Crippen molar-refractivity contribution in [3.8, 4) is 0 Å². The number of hydrogen-bond donors (Lipinski definition) is 1. The Bertz CT molecular complexity index is 387. The molecule has 0 saturated carbocycles. The van der Waals surface area contributed by atoms with E-state index in [0.717, 1.165) is 12.2 Å². The molecule has 5 heteroatoms. The Morgan fingerprint density at radius 1 is 1.77 bits per heavy atom. The second-order valence-corrected chi connectivity index (χ2v) is 3.62. The van der Waals surface area contributed by atoms with E-state index >= 15 is 0 Å².